The third-order valence-corrected chi connectivity index (χ3v) is 5.90. The Bertz CT molecular complexity index is 441. The number of nitrogens with zero attached hydrogens (tertiary/aromatic N) is 2. The van der Waals surface area contributed by atoms with Gasteiger partial charge in [-0.3, -0.25) is 4.68 Å². The summed E-state index contributed by atoms with van der Waals surface area (Å²) in [4.78, 5) is 0. The van der Waals surface area contributed by atoms with Crippen molar-refractivity contribution < 1.29 is 0 Å². The zero-order valence-electron chi connectivity index (χ0n) is 13.8. The summed E-state index contributed by atoms with van der Waals surface area (Å²) in [5.41, 5.74) is 2.49. The van der Waals surface area contributed by atoms with Gasteiger partial charge < -0.3 is 5.32 Å². The van der Waals surface area contributed by atoms with Crippen molar-refractivity contribution in [1.82, 2.24) is 15.1 Å². The molecule has 1 fully saturated rings. The fourth-order valence-corrected chi connectivity index (χ4v) is 4.11. The van der Waals surface area contributed by atoms with E-state index in [1.807, 2.05) is 0 Å². The molecule has 0 aliphatic heterocycles. The van der Waals surface area contributed by atoms with E-state index in [0.717, 1.165) is 30.5 Å². The Kier molecular flexibility index (Phi) is 6.74. The molecule has 2 atom stereocenters. The summed E-state index contributed by atoms with van der Waals surface area (Å²) in [7, 11) is 2.08. The first-order valence-corrected chi connectivity index (χ1v) is 9.31. The maximum absolute atomic E-state index is 4.55. The predicted octanol–water partition coefficient (Wildman–Crippen LogP) is 4.23. The van der Waals surface area contributed by atoms with Crippen molar-refractivity contribution in [2.75, 3.05) is 13.1 Å². The van der Waals surface area contributed by atoms with E-state index in [-0.39, 0.29) is 0 Å². The quantitative estimate of drug-likeness (QED) is 0.611. The highest BCUT2D eigenvalue weighted by Gasteiger charge is 2.26. The smallest absolute Gasteiger partial charge is 0.0738 e. The van der Waals surface area contributed by atoms with E-state index in [1.165, 1.54) is 55.2 Å². The van der Waals surface area contributed by atoms with E-state index in [0.29, 0.717) is 0 Å². The van der Waals surface area contributed by atoms with Crippen molar-refractivity contribution in [3.63, 3.8) is 0 Å². The Labute approximate surface area is 138 Å². The van der Waals surface area contributed by atoms with Crippen molar-refractivity contribution in [3.8, 4) is 0 Å². The minimum atomic E-state index is 0.794. The topological polar surface area (TPSA) is 29.9 Å². The fraction of sp³-hybridized carbons (Fsp3) is 0.824. The van der Waals surface area contributed by atoms with Crippen LogP contribution < -0.4 is 5.32 Å². The molecule has 1 N–H and O–H groups in total. The molecule has 0 amide bonds. The molecule has 2 unspecified atom stereocenters. The Morgan fingerprint density at radius 1 is 1.24 bits per heavy atom. The molecule has 3 nitrogen and oxygen atoms in total. The van der Waals surface area contributed by atoms with Gasteiger partial charge in [-0.15, -0.1) is 0 Å². The van der Waals surface area contributed by atoms with Crippen LogP contribution in [0, 0.1) is 18.8 Å². The number of nitrogens with one attached hydrogen (secondary N) is 1. The van der Waals surface area contributed by atoms with Crippen LogP contribution in [-0.2, 0) is 13.5 Å². The first-order chi connectivity index (χ1) is 10.1. The van der Waals surface area contributed by atoms with E-state index < -0.39 is 0 Å². The molecule has 0 bridgehead atoms. The van der Waals surface area contributed by atoms with Gasteiger partial charge in [0.05, 0.1) is 15.9 Å². The maximum atomic E-state index is 4.55. The van der Waals surface area contributed by atoms with Gasteiger partial charge in [-0.05, 0) is 73.5 Å². The van der Waals surface area contributed by atoms with Gasteiger partial charge >= 0.3 is 0 Å². The first-order valence-electron chi connectivity index (χ1n) is 8.52. The van der Waals surface area contributed by atoms with Crippen molar-refractivity contribution in [2.45, 2.75) is 58.8 Å². The molecule has 2 rings (SSSR count). The summed E-state index contributed by atoms with van der Waals surface area (Å²) >= 11 is 3.73. The van der Waals surface area contributed by atoms with Crippen molar-refractivity contribution in [3.05, 3.63) is 15.9 Å². The molecular formula is C17H30BrN3. The SMILES string of the molecule is CCCNCC1CCCCCC1Cc1c(Br)c(C)nn1C. The lowest BCUT2D eigenvalue weighted by atomic mass is 9.84. The van der Waals surface area contributed by atoms with E-state index >= 15 is 0 Å². The third-order valence-electron chi connectivity index (χ3n) is 4.87. The van der Waals surface area contributed by atoms with Crippen LogP contribution in [0.15, 0.2) is 4.47 Å². The fourth-order valence-electron chi connectivity index (χ4n) is 3.61. The number of hydrogen-bond acceptors (Lipinski definition) is 2. The monoisotopic (exact) mass is 355 g/mol. The highest BCUT2D eigenvalue weighted by molar-refractivity contribution is 9.10. The van der Waals surface area contributed by atoms with E-state index in [9.17, 15) is 0 Å². The van der Waals surface area contributed by atoms with Crippen LogP contribution >= 0.6 is 15.9 Å². The summed E-state index contributed by atoms with van der Waals surface area (Å²) in [6.45, 7) is 6.67. The van der Waals surface area contributed by atoms with Crippen LogP contribution in [0.25, 0.3) is 0 Å². The summed E-state index contributed by atoms with van der Waals surface area (Å²) in [6.07, 6.45) is 9.35. The lowest BCUT2D eigenvalue weighted by Gasteiger charge is -2.26. The normalized spacial score (nSPS) is 23.2. The highest BCUT2D eigenvalue weighted by Crippen LogP contribution is 2.33. The molecule has 120 valence electrons. The van der Waals surface area contributed by atoms with Crippen molar-refractivity contribution >= 4 is 15.9 Å². The van der Waals surface area contributed by atoms with Crippen molar-refractivity contribution in [2.24, 2.45) is 18.9 Å². The van der Waals surface area contributed by atoms with Crippen LogP contribution in [0.2, 0.25) is 0 Å². The Balaban J connectivity index is 2.05. The molecule has 21 heavy (non-hydrogen) atoms. The van der Waals surface area contributed by atoms with E-state index in [4.69, 9.17) is 0 Å². The summed E-state index contributed by atoms with van der Waals surface area (Å²) in [5.74, 6) is 1.61. The highest BCUT2D eigenvalue weighted by atomic mass is 79.9. The molecule has 4 heteroatoms. The average molecular weight is 356 g/mol. The Morgan fingerprint density at radius 2 is 1.95 bits per heavy atom. The van der Waals surface area contributed by atoms with Gasteiger partial charge in [0.1, 0.15) is 0 Å². The Morgan fingerprint density at radius 3 is 2.57 bits per heavy atom. The first kappa shape index (κ1) is 17.0. The van der Waals surface area contributed by atoms with Gasteiger partial charge in [0, 0.05) is 7.05 Å². The van der Waals surface area contributed by atoms with Crippen molar-refractivity contribution in [1.29, 1.82) is 0 Å². The molecule has 1 heterocycles. The number of hydrogen-bond donors (Lipinski definition) is 1. The molecule has 0 aromatic carbocycles. The number of rotatable bonds is 6. The minimum absolute atomic E-state index is 0.794. The molecule has 0 saturated heterocycles. The summed E-state index contributed by atoms with van der Waals surface area (Å²) in [6, 6.07) is 0. The van der Waals surface area contributed by atoms with E-state index in [1.54, 1.807) is 0 Å². The molecule has 1 aliphatic carbocycles. The predicted molar refractivity (Wildman–Crippen MR) is 92.6 cm³/mol. The van der Waals surface area contributed by atoms with Gasteiger partial charge in [0.25, 0.3) is 0 Å². The number of aromatic nitrogens is 2. The lowest BCUT2D eigenvalue weighted by molar-refractivity contribution is 0.293. The average Bonchev–Trinajstić information content (AvgIpc) is 2.64. The van der Waals surface area contributed by atoms with Gasteiger partial charge in [-0.1, -0.05) is 26.2 Å². The van der Waals surface area contributed by atoms with Gasteiger partial charge in [0.15, 0.2) is 0 Å². The minimum Gasteiger partial charge on any atom is -0.316 e. The molecule has 0 spiro atoms. The van der Waals surface area contributed by atoms with Crippen LogP contribution in [0.5, 0.6) is 0 Å². The van der Waals surface area contributed by atoms with Crippen LogP contribution in [0.4, 0.5) is 0 Å². The van der Waals surface area contributed by atoms with Gasteiger partial charge in [-0.25, -0.2) is 0 Å². The van der Waals surface area contributed by atoms with Gasteiger partial charge in [0.2, 0.25) is 0 Å². The number of aryl methyl sites for hydroxylation is 2. The second kappa shape index (κ2) is 8.33. The largest absolute Gasteiger partial charge is 0.316 e. The number of halogens is 1. The zero-order valence-corrected chi connectivity index (χ0v) is 15.4. The maximum Gasteiger partial charge on any atom is 0.0738 e. The van der Waals surface area contributed by atoms with Gasteiger partial charge in [-0.2, -0.15) is 5.10 Å². The van der Waals surface area contributed by atoms with Crippen LogP contribution in [0.1, 0.15) is 56.8 Å². The van der Waals surface area contributed by atoms with Crippen LogP contribution in [-0.4, -0.2) is 22.9 Å². The summed E-state index contributed by atoms with van der Waals surface area (Å²) < 4.78 is 3.29. The third kappa shape index (κ3) is 4.56. The Hall–Kier alpha value is -0.350. The van der Waals surface area contributed by atoms with Crippen LogP contribution in [0.3, 0.4) is 0 Å². The second-order valence-electron chi connectivity index (χ2n) is 6.54. The molecule has 1 aromatic rings. The molecular weight excluding hydrogens is 326 g/mol. The summed E-state index contributed by atoms with van der Waals surface area (Å²) in [5, 5.41) is 8.20. The van der Waals surface area contributed by atoms with E-state index in [2.05, 4.69) is 51.9 Å². The molecule has 1 aliphatic rings. The molecule has 0 radical (unpaired) electrons. The lowest BCUT2D eigenvalue weighted by Crippen LogP contribution is -2.29. The molecule has 1 aromatic heterocycles. The zero-order chi connectivity index (χ0) is 15.2. The second-order valence-corrected chi connectivity index (χ2v) is 7.33. The molecule has 1 saturated carbocycles. The standard InChI is InChI=1S/C17H30BrN3/c1-4-10-19-12-15-9-7-5-6-8-14(15)11-16-17(18)13(2)20-21(16)3/h14-15,19H,4-12H2,1-3H3.